The molecular formula is C20H17ClFN3O4. The number of imide groups is 1. The number of anilines is 1. The molecule has 1 heterocycles. The van der Waals surface area contributed by atoms with E-state index in [4.69, 9.17) is 11.6 Å². The van der Waals surface area contributed by atoms with Crippen LogP contribution in [-0.4, -0.2) is 35.1 Å². The Labute approximate surface area is 170 Å². The number of Topliss-reactive ketones (excluding diaryl/α,β-unsaturated/α-hetero) is 1. The number of hydrogen-bond acceptors (Lipinski definition) is 4. The fraction of sp³-hybridized carbons (Fsp3) is 0.200. The molecular weight excluding hydrogens is 401 g/mol. The molecule has 1 fully saturated rings. The molecule has 0 bridgehead atoms. The third-order valence-electron chi connectivity index (χ3n) is 4.63. The minimum Gasteiger partial charge on any atom is -0.324 e. The second-order valence-electron chi connectivity index (χ2n) is 6.72. The summed E-state index contributed by atoms with van der Waals surface area (Å²) in [5.74, 6) is -2.18. The first-order chi connectivity index (χ1) is 13.6. The summed E-state index contributed by atoms with van der Waals surface area (Å²) in [4.78, 5) is 50.1. The number of halogens is 2. The van der Waals surface area contributed by atoms with E-state index in [2.05, 4.69) is 10.6 Å². The van der Waals surface area contributed by atoms with Gasteiger partial charge in [-0.05, 0) is 38.1 Å². The van der Waals surface area contributed by atoms with Crippen LogP contribution in [0.2, 0.25) is 5.02 Å². The normalized spacial score (nSPS) is 18.6. The molecule has 7 nitrogen and oxygen atoms in total. The van der Waals surface area contributed by atoms with Gasteiger partial charge in [-0.1, -0.05) is 29.8 Å². The molecule has 3 rings (SSSR count). The van der Waals surface area contributed by atoms with E-state index in [1.54, 1.807) is 24.3 Å². The van der Waals surface area contributed by atoms with Gasteiger partial charge in [0.25, 0.3) is 5.91 Å². The maximum absolute atomic E-state index is 13.3. The zero-order valence-corrected chi connectivity index (χ0v) is 16.3. The van der Waals surface area contributed by atoms with Crippen molar-refractivity contribution in [2.24, 2.45) is 0 Å². The molecule has 9 heteroatoms. The summed E-state index contributed by atoms with van der Waals surface area (Å²) in [6.45, 7) is 2.22. The van der Waals surface area contributed by atoms with Gasteiger partial charge in [-0.15, -0.1) is 0 Å². The van der Waals surface area contributed by atoms with Crippen molar-refractivity contribution in [1.29, 1.82) is 0 Å². The number of benzene rings is 2. The van der Waals surface area contributed by atoms with Crippen LogP contribution in [0.25, 0.3) is 0 Å². The Bertz CT molecular complexity index is 1040. The first-order valence-corrected chi connectivity index (χ1v) is 9.00. The molecule has 2 N–H and O–H groups in total. The predicted molar refractivity (Wildman–Crippen MR) is 104 cm³/mol. The van der Waals surface area contributed by atoms with Crippen LogP contribution in [0.1, 0.15) is 29.8 Å². The monoisotopic (exact) mass is 417 g/mol. The molecule has 29 heavy (non-hydrogen) atoms. The Hall–Kier alpha value is -3.26. The van der Waals surface area contributed by atoms with E-state index in [0.717, 1.165) is 17.0 Å². The van der Waals surface area contributed by atoms with Gasteiger partial charge in [-0.25, -0.2) is 9.18 Å². The Balaban J connectivity index is 1.80. The van der Waals surface area contributed by atoms with Crippen LogP contribution in [0.4, 0.5) is 14.9 Å². The highest BCUT2D eigenvalue weighted by Crippen LogP contribution is 2.34. The Kier molecular flexibility index (Phi) is 5.39. The van der Waals surface area contributed by atoms with Gasteiger partial charge in [-0.3, -0.25) is 19.3 Å². The van der Waals surface area contributed by atoms with E-state index in [1.165, 1.54) is 19.9 Å². The van der Waals surface area contributed by atoms with Gasteiger partial charge in [0.15, 0.2) is 5.78 Å². The van der Waals surface area contributed by atoms with Gasteiger partial charge >= 0.3 is 6.03 Å². The van der Waals surface area contributed by atoms with Gasteiger partial charge < -0.3 is 10.6 Å². The lowest BCUT2D eigenvalue weighted by Gasteiger charge is -2.23. The topological polar surface area (TPSA) is 95.6 Å². The molecule has 0 spiro atoms. The van der Waals surface area contributed by atoms with E-state index in [0.29, 0.717) is 5.56 Å². The van der Waals surface area contributed by atoms with Crippen LogP contribution in [0.5, 0.6) is 0 Å². The highest BCUT2D eigenvalue weighted by Gasteiger charge is 2.50. The number of carbonyl (C=O) groups is 4. The van der Waals surface area contributed by atoms with E-state index in [1.807, 2.05) is 0 Å². The maximum atomic E-state index is 13.3. The molecule has 2 aromatic carbocycles. The number of amides is 4. The maximum Gasteiger partial charge on any atom is 0.325 e. The van der Waals surface area contributed by atoms with Crippen molar-refractivity contribution < 1.29 is 23.6 Å². The number of nitrogens with one attached hydrogen (secondary N) is 2. The van der Waals surface area contributed by atoms with Crippen molar-refractivity contribution in [1.82, 2.24) is 10.2 Å². The molecule has 1 atom stereocenters. The molecule has 1 aliphatic heterocycles. The number of nitrogens with zero attached hydrogens (tertiary/aromatic N) is 1. The number of para-hydroxylation sites is 1. The highest BCUT2D eigenvalue weighted by molar-refractivity contribution is 6.32. The van der Waals surface area contributed by atoms with Crippen molar-refractivity contribution >= 4 is 40.9 Å². The van der Waals surface area contributed by atoms with Crippen molar-refractivity contribution in [3.8, 4) is 0 Å². The molecule has 0 aromatic heterocycles. The van der Waals surface area contributed by atoms with Gasteiger partial charge in [0, 0.05) is 16.1 Å². The molecule has 150 valence electrons. The minimum absolute atomic E-state index is 0.0252. The Morgan fingerprint density at radius 2 is 1.90 bits per heavy atom. The van der Waals surface area contributed by atoms with E-state index in [-0.39, 0.29) is 22.1 Å². The molecule has 0 radical (unpaired) electrons. The number of ketones is 1. The lowest BCUT2D eigenvalue weighted by molar-refractivity contribution is -0.133. The smallest absolute Gasteiger partial charge is 0.324 e. The number of urea groups is 1. The van der Waals surface area contributed by atoms with Gasteiger partial charge in [0.1, 0.15) is 17.9 Å². The standard InChI is InChI=1S/C20H17ClFN3O4/c1-11(26)13-5-3-4-6-16(13)23-17(27)10-25-18(28)20(2,24-19(25)29)14-8-7-12(22)9-15(14)21/h3-9H,10H2,1-2H3,(H,23,27)(H,24,29). The third kappa shape index (κ3) is 3.84. The van der Waals surface area contributed by atoms with Gasteiger partial charge in [-0.2, -0.15) is 0 Å². The lowest BCUT2D eigenvalue weighted by Crippen LogP contribution is -2.42. The molecule has 1 saturated heterocycles. The van der Waals surface area contributed by atoms with Crippen LogP contribution in [0.15, 0.2) is 42.5 Å². The average molecular weight is 418 g/mol. The second kappa shape index (κ2) is 7.63. The van der Waals surface area contributed by atoms with Crippen LogP contribution < -0.4 is 10.6 Å². The fourth-order valence-electron chi connectivity index (χ4n) is 3.15. The second-order valence-corrected chi connectivity index (χ2v) is 7.13. The molecule has 0 aliphatic carbocycles. The van der Waals surface area contributed by atoms with Crippen LogP contribution >= 0.6 is 11.6 Å². The van der Waals surface area contributed by atoms with Gasteiger partial charge in [0.2, 0.25) is 5.91 Å². The zero-order valence-electron chi connectivity index (χ0n) is 15.6. The van der Waals surface area contributed by atoms with E-state index in [9.17, 15) is 23.6 Å². The average Bonchev–Trinajstić information content (AvgIpc) is 2.85. The van der Waals surface area contributed by atoms with Crippen molar-refractivity contribution in [3.63, 3.8) is 0 Å². The van der Waals surface area contributed by atoms with Crippen molar-refractivity contribution in [2.75, 3.05) is 11.9 Å². The zero-order chi connectivity index (χ0) is 21.3. The van der Waals surface area contributed by atoms with Crippen molar-refractivity contribution in [3.05, 3.63) is 64.4 Å². The van der Waals surface area contributed by atoms with Crippen molar-refractivity contribution in [2.45, 2.75) is 19.4 Å². The van der Waals surface area contributed by atoms with Crippen LogP contribution in [-0.2, 0) is 15.1 Å². The van der Waals surface area contributed by atoms with Gasteiger partial charge in [0.05, 0.1) is 5.69 Å². The van der Waals surface area contributed by atoms with Crippen LogP contribution in [0.3, 0.4) is 0 Å². The minimum atomic E-state index is -1.54. The summed E-state index contributed by atoms with van der Waals surface area (Å²) < 4.78 is 13.3. The van der Waals surface area contributed by atoms with E-state index < -0.39 is 35.7 Å². The quantitative estimate of drug-likeness (QED) is 0.577. The largest absolute Gasteiger partial charge is 0.325 e. The molecule has 4 amide bonds. The summed E-state index contributed by atoms with van der Waals surface area (Å²) in [7, 11) is 0. The molecule has 0 saturated carbocycles. The predicted octanol–water partition coefficient (Wildman–Crippen LogP) is 3.09. The van der Waals surface area contributed by atoms with E-state index >= 15 is 0 Å². The SMILES string of the molecule is CC(=O)c1ccccc1NC(=O)CN1C(=O)NC(C)(c2ccc(F)cc2Cl)C1=O. The number of carbonyl (C=O) groups excluding carboxylic acids is 4. The van der Waals surface area contributed by atoms with Crippen LogP contribution in [0, 0.1) is 5.82 Å². The number of rotatable bonds is 5. The first-order valence-electron chi connectivity index (χ1n) is 8.63. The highest BCUT2D eigenvalue weighted by atomic mass is 35.5. The Morgan fingerprint density at radius 1 is 1.21 bits per heavy atom. The molecule has 1 aliphatic rings. The molecule has 1 unspecified atom stereocenters. The Morgan fingerprint density at radius 3 is 2.55 bits per heavy atom. The first kappa shape index (κ1) is 20.5. The number of hydrogen-bond donors (Lipinski definition) is 2. The summed E-state index contributed by atoms with van der Waals surface area (Å²) in [6.07, 6.45) is 0. The summed E-state index contributed by atoms with van der Waals surface area (Å²) >= 11 is 6.05. The summed E-state index contributed by atoms with van der Waals surface area (Å²) in [6, 6.07) is 9.08. The fourth-order valence-corrected chi connectivity index (χ4v) is 3.51. The summed E-state index contributed by atoms with van der Waals surface area (Å²) in [5, 5.41) is 5.01. The molecule has 2 aromatic rings. The lowest BCUT2D eigenvalue weighted by atomic mass is 9.92. The third-order valence-corrected chi connectivity index (χ3v) is 4.94. The summed E-state index contributed by atoms with van der Waals surface area (Å²) in [5.41, 5.74) is -0.745.